The van der Waals surface area contributed by atoms with Crippen LogP contribution in [-0.2, 0) is 4.74 Å². The summed E-state index contributed by atoms with van der Waals surface area (Å²) in [5.74, 6) is 0.194. The van der Waals surface area contributed by atoms with Crippen LogP contribution in [0.1, 0.15) is 6.23 Å². The molecule has 11 nitrogen and oxygen atoms in total. The minimum atomic E-state index is -1.25. The smallest absolute Gasteiger partial charge is 0.320 e. The van der Waals surface area contributed by atoms with Crippen LogP contribution in [0.3, 0.4) is 0 Å². The molecule has 0 saturated carbocycles. The Morgan fingerprint density at radius 1 is 1.35 bits per heavy atom. The van der Waals surface area contributed by atoms with E-state index in [-0.39, 0.29) is 5.82 Å². The summed E-state index contributed by atoms with van der Waals surface area (Å²) in [5.41, 5.74) is 0.607. The standard InChI is InChI=1S/C12H16N6O5/c1-13-12(22)17-9-6-10(15-3-14-9)18(4-16-6)11-8(21)7(20)5(2-19)23-11/h3-5,7-8,11,19-21H,2H2,1H3,(H2,13,14,15,17,22). The van der Waals surface area contributed by atoms with Crippen molar-refractivity contribution in [3.8, 4) is 0 Å². The summed E-state index contributed by atoms with van der Waals surface area (Å²) in [7, 11) is 1.46. The van der Waals surface area contributed by atoms with Gasteiger partial charge in [-0.25, -0.2) is 19.7 Å². The van der Waals surface area contributed by atoms with Crippen LogP contribution in [0.15, 0.2) is 12.7 Å². The van der Waals surface area contributed by atoms with Gasteiger partial charge in [0.15, 0.2) is 23.2 Å². The zero-order valence-corrected chi connectivity index (χ0v) is 12.1. The van der Waals surface area contributed by atoms with Gasteiger partial charge in [-0.05, 0) is 0 Å². The first kappa shape index (κ1) is 15.6. The Kier molecular flexibility index (Phi) is 4.09. The lowest BCUT2D eigenvalue weighted by atomic mass is 10.1. The summed E-state index contributed by atoms with van der Waals surface area (Å²) in [6.07, 6.45) is -1.77. The van der Waals surface area contributed by atoms with Gasteiger partial charge in [-0.15, -0.1) is 0 Å². The molecule has 0 bridgehead atoms. The maximum atomic E-state index is 11.4. The molecule has 2 amide bonds. The molecule has 1 aliphatic heterocycles. The molecule has 0 spiro atoms. The lowest BCUT2D eigenvalue weighted by Gasteiger charge is -2.16. The zero-order chi connectivity index (χ0) is 16.6. The number of aliphatic hydroxyl groups excluding tert-OH is 3. The summed E-state index contributed by atoms with van der Waals surface area (Å²) >= 11 is 0. The Labute approximate surface area is 129 Å². The van der Waals surface area contributed by atoms with E-state index in [4.69, 9.17) is 9.84 Å². The number of carbonyl (C=O) groups is 1. The van der Waals surface area contributed by atoms with Gasteiger partial charge in [-0.1, -0.05) is 0 Å². The summed E-state index contributed by atoms with van der Waals surface area (Å²) in [6.45, 7) is -0.431. The van der Waals surface area contributed by atoms with Gasteiger partial charge in [0.25, 0.3) is 0 Å². The second kappa shape index (κ2) is 6.04. The Morgan fingerprint density at radius 2 is 2.13 bits per heavy atom. The third-order valence-electron chi connectivity index (χ3n) is 3.61. The normalized spacial score (nSPS) is 27.3. The van der Waals surface area contributed by atoms with E-state index in [1.165, 1.54) is 24.3 Å². The second-order valence-corrected chi connectivity index (χ2v) is 4.98. The van der Waals surface area contributed by atoms with Crippen LogP contribution < -0.4 is 10.6 Å². The van der Waals surface area contributed by atoms with E-state index in [0.29, 0.717) is 11.2 Å². The van der Waals surface area contributed by atoms with E-state index in [1.54, 1.807) is 0 Å². The van der Waals surface area contributed by atoms with E-state index in [9.17, 15) is 15.0 Å². The summed E-state index contributed by atoms with van der Waals surface area (Å²) < 4.78 is 6.85. The molecule has 23 heavy (non-hydrogen) atoms. The highest BCUT2D eigenvalue weighted by Crippen LogP contribution is 2.31. The fourth-order valence-corrected chi connectivity index (χ4v) is 2.41. The molecule has 11 heteroatoms. The Bertz CT molecular complexity index is 721. The van der Waals surface area contributed by atoms with Gasteiger partial charge in [0.1, 0.15) is 24.6 Å². The molecular formula is C12H16N6O5. The van der Waals surface area contributed by atoms with Gasteiger partial charge in [0.2, 0.25) is 0 Å². The van der Waals surface area contributed by atoms with Crippen molar-refractivity contribution in [3.63, 3.8) is 0 Å². The fraction of sp³-hybridized carbons (Fsp3) is 0.500. The number of fused-ring (bicyclic) bond motifs is 1. The zero-order valence-electron chi connectivity index (χ0n) is 12.1. The lowest BCUT2D eigenvalue weighted by molar-refractivity contribution is -0.0511. The molecule has 2 aromatic rings. The van der Waals surface area contributed by atoms with E-state index >= 15 is 0 Å². The Hall–Kier alpha value is -2.34. The van der Waals surface area contributed by atoms with Crippen LogP contribution in [-0.4, -0.2) is 72.8 Å². The predicted molar refractivity (Wildman–Crippen MR) is 76.4 cm³/mol. The van der Waals surface area contributed by atoms with E-state index in [0.717, 1.165) is 0 Å². The molecule has 0 aromatic carbocycles. The van der Waals surface area contributed by atoms with Crippen molar-refractivity contribution in [3.05, 3.63) is 12.7 Å². The number of aromatic nitrogens is 4. The monoisotopic (exact) mass is 324 g/mol. The molecule has 1 saturated heterocycles. The number of carbonyl (C=O) groups excluding carboxylic acids is 1. The minimum Gasteiger partial charge on any atom is -0.394 e. The molecule has 1 aliphatic rings. The van der Waals surface area contributed by atoms with Crippen LogP contribution in [0.2, 0.25) is 0 Å². The van der Waals surface area contributed by atoms with Crippen LogP contribution in [0.25, 0.3) is 11.2 Å². The van der Waals surface area contributed by atoms with Crippen LogP contribution in [0.4, 0.5) is 10.6 Å². The number of ether oxygens (including phenoxy) is 1. The van der Waals surface area contributed by atoms with Crippen LogP contribution >= 0.6 is 0 Å². The summed E-state index contributed by atoms with van der Waals surface area (Å²) in [5, 5.41) is 34.0. The molecule has 5 N–H and O–H groups in total. The first-order valence-corrected chi connectivity index (χ1v) is 6.85. The van der Waals surface area contributed by atoms with Gasteiger partial charge in [0, 0.05) is 7.05 Å². The van der Waals surface area contributed by atoms with Crippen molar-refractivity contribution in [1.29, 1.82) is 0 Å². The topological polar surface area (TPSA) is 155 Å². The molecule has 1 fully saturated rings. The van der Waals surface area contributed by atoms with Crippen LogP contribution in [0.5, 0.6) is 0 Å². The van der Waals surface area contributed by atoms with Crippen molar-refractivity contribution in [2.24, 2.45) is 0 Å². The van der Waals surface area contributed by atoms with Gasteiger partial charge >= 0.3 is 6.03 Å². The quantitative estimate of drug-likeness (QED) is 0.442. The highest BCUT2D eigenvalue weighted by Gasteiger charge is 2.44. The van der Waals surface area contributed by atoms with Crippen LogP contribution in [0, 0.1) is 0 Å². The first-order valence-electron chi connectivity index (χ1n) is 6.85. The number of amides is 2. The van der Waals surface area contributed by atoms with Gasteiger partial charge in [-0.3, -0.25) is 9.88 Å². The average Bonchev–Trinajstić information content (AvgIpc) is 3.10. The predicted octanol–water partition coefficient (Wildman–Crippen LogP) is -1.81. The van der Waals surface area contributed by atoms with E-state index in [2.05, 4.69) is 25.6 Å². The number of hydrogen-bond donors (Lipinski definition) is 5. The van der Waals surface area contributed by atoms with Gasteiger partial charge < -0.3 is 25.4 Å². The molecular weight excluding hydrogens is 308 g/mol. The summed E-state index contributed by atoms with van der Waals surface area (Å²) in [4.78, 5) is 23.6. The Morgan fingerprint density at radius 3 is 2.78 bits per heavy atom. The first-order chi connectivity index (χ1) is 11.1. The fourth-order valence-electron chi connectivity index (χ4n) is 2.41. The molecule has 0 aliphatic carbocycles. The second-order valence-electron chi connectivity index (χ2n) is 4.98. The number of rotatable bonds is 3. The third kappa shape index (κ3) is 2.59. The maximum Gasteiger partial charge on any atom is 0.320 e. The molecule has 3 heterocycles. The number of anilines is 1. The molecule has 3 rings (SSSR count). The number of imidazole rings is 1. The van der Waals surface area contributed by atoms with Gasteiger partial charge in [-0.2, -0.15) is 0 Å². The molecule has 0 radical (unpaired) electrons. The van der Waals surface area contributed by atoms with Gasteiger partial charge in [0.05, 0.1) is 12.9 Å². The molecule has 4 unspecified atom stereocenters. The van der Waals surface area contributed by atoms with Crippen molar-refractivity contribution < 1.29 is 24.9 Å². The van der Waals surface area contributed by atoms with Crippen molar-refractivity contribution in [1.82, 2.24) is 24.8 Å². The van der Waals surface area contributed by atoms with Crippen molar-refractivity contribution >= 4 is 23.0 Å². The highest BCUT2D eigenvalue weighted by molar-refractivity contribution is 5.95. The SMILES string of the molecule is CNC(=O)Nc1ncnc2c1ncn2C1OC(CO)C(O)C1O. The largest absolute Gasteiger partial charge is 0.394 e. The molecule has 4 atom stereocenters. The molecule has 124 valence electrons. The van der Waals surface area contributed by atoms with Crippen molar-refractivity contribution in [2.75, 3.05) is 19.0 Å². The molecule has 2 aromatic heterocycles. The summed E-state index contributed by atoms with van der Waals surface area (Å²) in [6, 6.07) is -0.465. The van der Waals surface area contributed by atoms with E-state index in [1.807, 2.05) is 0 Å². The number of aliphatic hydroxyl groups is 3. The third-order valence-corrected chi connectivity index (χ3v) is 3.61. The van der Waals surface area contributed by atoms with Crippen molar-refractivity contribution in [2.45, 2.75) is 24.5 Å². The van der Waals surface area contributed by atoms with E-state index < -0.39 is 37.2 Å². The number of urea groups is 1. The average molecular weight is 324 g/mol. The number of nitrogens with zero attached hydrogens (tertiary/aromatic N) is 4. The Balaban J connectivity index is 1.97. The highest BCUT2D eigenvalue weighted by atomic mass is 16.6. The number of nitrogens with one attached hydrogen (secondary N) is 2. The lowest BCUT2D eigenvalue weighted by Crippen LogP contribution is -2.33. The number of hydrogen-bond acceptors (Lipinski definition) is 8. The maximum absolute atomic E-state index is 11.4. The minimum absolute atomic E-state index is 0.194.